The number of rotatable bonds is 6. The van der Waals surface area contributed by atoms with Crippen molar-refractivity contribution in [1.29, 1.82) is 0 Å². The molecule has 7 nitrogen and oxygen atoms in total. The lowest BCUT2D eigenvalue weighted by Crippen LogP contribution is -2.31. The summed E-state index contributed by atoms with van der Waals surface area (Å²) in [7, 11) is 0. The zero-order chi connectivity index (χ0) is 22.1. The van der Waals surface area contributed by atoms with Crippen LogP contribution in [0.4, 0.5) is 5.95 Å². The summed E-state index contributed by atoms with van der Waals surface area (Å²) >= 11 is 0. The molecule has 3 heterocycles. The maximum atomic E-state index is 13.5. The van der Waals surface area contributed by atoms with Gasteiger partial charge in [-0.25, -0.2) is 9.97 Å². The minimum absolute atomic E-state index is 0.0226. The third-order valence-corrected chi connectivity index (χ3v) is 5.51. The van der Waals surface area contributed by atoms with E-state index in [-0.39, 0.29) is 17.1 Å². The van der Waals surface area contributed by atoms with E-state index in [9.17, 15) is 9.59 Å². The molecule has 1 aliphatic heterocycles. The summed E-state index contributed by atoms with van der Waals surface area (Å²) in [5.74, 6) is 0.525. The molecule has 0 aliphatic carbocycles. The first-order valence-electron chi connectivity index (χ1n) is 10.6. The Labute approximate surface area is 184 Å². The van der Waals surface area contributed by atoms with Gasteiger partial charge >= 0.3 is 0 Å². The van der Waals surface area contributed by atoms with Gasteiger partial charge in [-0.1, -0.05) is 37.6 Å². The van der Waals surface area contributed by atoms with E-state index in [4.69, 9.17) is 9.15 Å². The summed E-state index contributed by atoms with van der Waals surface area (Å²) in [5.41, 5.74) is 1.18. The molecule has 2 aromatic carbocycles. The van der Waals surface area contributed by atoms with Gasteiger partial charge in [-0.3, -0.25) is 14.5 Å². The highest BCUT2D eigenvalue weighted by atomic mass is 16.5. The van der Waals surface area contributed by atoms with Crippen LogP contribution >= 0.6 is 0 Å². The molecular weight excluding hydrogens is 406 g/mol. The van der Waals surface area contributed by atoms with Gasteiger partial charge in [0.1, 0.15) is 11.3 Å². The predicted octanol–water partition coefficient (Wildman–Crippen LogP) is 4.51. The molecule has 160 valence electrons. The molecule has 5 rings (SSSR count). The second kappa shape index (κ2) is 8.26. The van der Waals surface area contributed by atoms with Gasteiger partial charge in [-0.15, -0.1) is 0 Å². The van der Waals surface area contributed by atoms with Gasteiger partial charge in [0.25, 0.3) is 5.91 Å². The van der Waals surface area contributed by atoms with Crippen LogP contribution < -0.4 is 15.1 Å². The van der Waals surface area contributed by atoms with Crippen LogP contribution in [0.2, 0.25) is 0 Å². The van der Waals surface area contributed by atoms with Gasteiger partial charge in [0.15, 0.2) is 5.43 Å². The van der Waals surface area contributed by atoms with E-state index in [0.717, 1.165) is 24.2 Å². The van der Waals surface area contributed by atoms with Gasteiger partial charge in [0.2, 0.25) is 11.7 Å². The van der Waals surface area contributed by atoms with E-state index in [1.165, 1.54) is 4.90 Å². The van der Waals surface area contributed by atoms with Crippen molar-refractivity contribution in [1.82, 2.24) is 9.97 Å². The molecule has 4 aromatic rings. The number of ether oxygens (including phenoxy) is 1. The van der Waals surface area contributed by atoms with E-state index in [1.54, 1.807) is 42.7 Å². The number of unbranched alkanes of at least 4 members (excludes halogenated alkanes) is 1. The van der Waals surface area contributed by atoms with Crippen LogP contribution in [0.1, 0.15) is 47.5 Å². The fourth-order valence-corrected chi connectivity index (χ4v) is 3.94. The Morgan fingerprint density at radius 2 is 1.75 bits per heavy atom. The molecule has 1 unspecified atom stereocenters. The largest absolute Gasteiger partial charge is 0.494 e. The van der Waals surface area contributed by atoms with Gasteiger partial charge in [0, 0.05) is 12.4 Å². The number of benzene rings is 2. The van der Waals surface area contributed by atoms with Crippen LogP contribution in [-0.4, -0.2) is 22.5 Å². The van der Waals surface area contributed by atoms with Crippen molar-refractivity contribution in [2.45, 2.75) is 25.8 Å². The quantitative estimate of drug-likeness (QED) is 0.421. The Balaban J connectivity index is 1.66. The summed E-state index contributed by atoms with van der Waals surface area (Å²) < 4.78 is 11.7. The first-order chi connectivity index (χ1) is 15.7. The van der Waals surface area contributed by atoms with Crippen LogP contribution in [0.25, 0.3) is 11.0 Å². The molecular formula is C25H21N3O4. The first kappa shape index (κ1) is 19.9. The second-order valence-corrected chi connectivity index (χ2v) is 7.57. The Bertz CT molecular complexity index is 1330. The fourth-order valence-electron chi connectivity index (χ4n) is 3.94. The van der Waals surface area contributed by atoms with Crippen LogP contribution in [0.15, 0.2) is 76.2 Å². The second-order valence-electron chi connectivity index (χ2n) is 7.57. The zero-order valence-electron chi connectivity index (χ0n) is 17.5. The number of nitrogens with zero attached hydrogens (tertiary/aromatic N) is 3. The Kier molecular flexibility index (Phi) is 5.15. The van der Waals surface area contributed by atoms with Crippen molar-refractivity contribution in [2.24, 2.45) is 0 Å². The molecule has 2 aromatic heterocycles. The highest BCUT2D eigenvalue weighted by Gasteiger charge is 2.44. The topological polar surface area (TPSA) is 85.5 Å². The summed E-state index contributed by atoms with van der Waals surface area (Å²) in [5, 5.41) is 0.430. The van der Waals surface area contributed by atoms with Crippen molar-refractivity contribution < 1.29 is 13.9 Å². The van der Waals surface area contributed by atoms with Crippen LogP contribution in [-0.2, 0) is 0 Å². The predicted molar refractivity (Wildman–Crippen MR) is 120 cm³/mol. The molecule has 1 amide bonds. The molecule has 0 radical (unpaired) electrons. The zero-order valence-corrected chi connectivity index (χ0v) is 17.5. The van der Waals surface area contributed by atoms with Crippen molar-refractivity contribution in [3.63, 3.8) is 0 Å². The molecule has 0 N–H and O–H groups in total. The van der Waals surface area contributed by atoms with Crippen molar-refractivity contribution >= 4 is 22.8 Å². The van der Waals surface area contributed by atoms with Crippen molar-refractivity contribution in [2.75, 3.05) is 11.5 Å². The average molecular weight is 427 g/mol. The summed E-state index contributed by atoms with van der Waals surface area (Å²) in [6.07, 6.45) is 5.15. The average Bonchev–Trinajstić information content (AvgIpc) is 3.13. The van der Waals surface area contributed by atoms with Gasteiger partial charge in [0.05, 0.1) is 23.6 Å². The third kappa shape index (κ3) is 3.32. The number of hydrogen-bond acceptors (Lipinski definition) is 6. The van der Waals surface area contributed by atoms with Crippen molar-refractivity contribution in [3.05, 3.63) is 94.1 Å². The maximum Gasteiger partial charge on any atom is 0.297 e. The lowest BCUT2D eigenvalue weighted by atomic mass is 9.98. The molecule has 0 spiro atoms. The molecule has 32 heavy (non-hydrogen) atoms. The van der Waals surface area contributed by atoms with E-state index >= 15 is 0 Å². The normalized spacial score (nSPS) is 15.2. The highest BCUT2D eigenvalue weighted by Crippen LogP contribution is 2.40. The number of anilines is 1. The molecule has 0 bridgehead atoms. The number of para-hydroxylation sites is 1. The van der Waals surface area contributed by atoms with E-state index in [2.05, 4.69) is 16.9 Å². The molecule has 1 atom stereocenters. The Hall–Kier alpha value is -4.00. The molecule has 7 heteroatoms. The number of aromatic nitrogens is 2. The van der Waals surface area contributed by atoms with Crippen LogP contribution in [0, 0.1) is 0 Å². The Morgan fingerprint density at radius 1 is 1.00 bits per heavy atom. The van der Waals surface area contributed by atoms with Crippen LogP contribution in [0.3, 0.4) is 0 Å². The lowest BCUT2D eigenvalue weighted by Gasteiger charge is -2.23. The van der Waals surface area contributed by atoms with E-state index < -0.39 is 11.9 Å². The summed E-state index contributed by atoms with van der Waals surface area (Å²) in [4.78, 5) is 36.8. The summed E-state index contributed by atoms with van der Waals surface area (Å²) in [6, 6.07) is 15.3. The molecule has 0 fully saturated rings. The minimum atomic E-state index is -0.703. The van der Waals surface area contributed by atoms with E-state index in [0.29, 0.717) is 23.1 Å². The first-order valence-corrected chi connectivity index (χ1v) is 10.6. The lowest BCUT2D eigenvalue weighted by molar-refractivity contribution is 0.0969. The standard InChI is InChI=1S/C25H21N3O4/c1-2-3-15-31-17-11-9-16(10-12-17)21-20-22(29)18-7-4-5-8-19(18)32-23(20)24(30)28(21)25-26-13-6-14-27-25/h4-14,21H,2-3,15H2,1H3. The number of carbonyl (C=O) groups excluding carboxylic acids is 1. The minimum Gasteiger partial charge on any atom is -0.494 e. The third-order valence-electron chi connectivity index (χ3n) is 5.51. The van der Waals surface area contributed by atoms with Gasteiger partial charge < -0.3 is 9.15 Å². The van der Waals surface area contributed by atoms with Crippen LogP contribution in [0.5, 0.6) is 5.75 Å². The SMILES string of the molecule is CCCCOc1ccc(C2c3c(oc4ccccc4c3=O)C(=O)N2c2ncccn2)cc1. The van der Waals surface area contributed by atoms with E-state index in [1.807, 2.05) is 24.3 Å². The Morgan fingerprint density at radius 3 is 2.50 bits per heavy atom. The number of fused-ring (bicyclic) bond motifs is 2. The van der Waals surface area contributed by atoms with Gasteiger partial charge in [-0.2, -0.15) is 0 Å². The fraction of sp³-hybridized carbons (Fsp3) is 0.200. The summed E-state index contributed by atoms with van der Waals surface area (Å²) in [6.45, 7) is 2.75. The maximum absolute atomic E-state index is 13.5. The number of amides is 1. The molecule has 1 aliphatic rings. The number of hydrogen-bond donors (Lipinski definition) is 0. The number of carbonyl (C=O) groups is 1. The molecule has 0 saturated heterocycles. The van der Waals surface area contributed by atoms with Crippen molar-refractivity contribution in [3.8, 4) is 5.75 Å². The molecule has 0 saturated carbocycles. The smallest absolute Gasteiger partial charge is 0.297 e. The highest BCUT2D eigenvalue weighted by molar-refractivity contribution is 6.09. The van der Waals surface area contributed by atoms with Gasteiger partial charge in [-0.05, 0) is 42.3 Å². The monoisotopic (exact) mass is 427 g/mol.